The predicted molar refractivity (Wildman–Crippen MR) is 136 cm³/mol. The molecular formula is C29H29ClFNO4. The number of nitrogens with zero attached hydrogens (tertiary/aromatic N) is 1. The first-order valence-electron chi connectivity index (χ1n) is 12.5. The molecule has 2 aliphatic carbocycles. The number of carbonyl (C=O) groups is 2. The number of ketones is 2. The summed E-state index contributed by atoms with van der Waals surface area (Å²) in [4.78, 5) is 28.6. The molecule has 0 bridgehead atoms. The van der Waals surface area contributed by atoms with Gasteiger partial charge in [0.05, 0.1) is 11.6 Å². The van der Waals surface area contributed by atoms with Crippen molar-refractivity contribution in [1.82, 2.24) is 4.90 Å². The molecule has 0 unspecified atom stereocenters. The largest absolute Gasteiger partial charge is 0.490 e. The molecule has 3 aliphatic rings. The van der Waals surface area contributed by atoms with E-state index < -0.39 is 5.92 Å². The molecule has 0 saturated heterocycles. The van der Waals surface area contributed by atoms with Gasteiger partial charge in [-0.05, 0) is 68.0 Å². The number of benzene rings is 2. The molecule has 0 spiro atoms. The highest BCUT2D eigenvalue weighted by Gasteiger charge is 2.42. The minimum absolute atomic E-state index is 0.0868. The van der Waals surface area contributed by atoms with E-state index >= 15 is 0 Å². The lowest BCUT2D eigenvalue weighted by Gasteiger charge is -2.42. The van der Waals surface area contributed by atoms with Gasteiger partial charge in [-0.1, -0.05) is 23.7 Å². The van der Waals surface area contributed by atoms with Crippen molar-refractivity contribution in [3.8, 4) is 11.5 Å². The van der Waals surface area contributed by atoms with Crippen molar-refractivity contribution in [3.05, 3.63) is 80.9 Å². The minimum atomic E-state index is -0.463. The number of hydrogen-bond acceptors (Lipinski definition) is 5. The van der Waals surface area contributed by atoms with Gasteiger partial charge >= 0.3 is 0 Å². The van der Waals surface area contributed by atoms with Crippen molar-refractivity contribution in [2.24, 2.45) is 0 Å². The molecule has 0 atom stereocenters. The van der Waals surface area contributed by atoms with Gasteiger partial charge in [-0.3, -0.25) is 9.59 Å². The van der Waals surface area contributed by atoms with Gasteiger partial charge in [0.25, 0.3) is 0 Å². The van der Waals surface area contributed by atoms with Crippen molar-refractivity contribution in [3.63, 3.8) is 0 Å². The highest BCUT2D eigenvalue weighted by molar-refractivity contribution is 6.32. The van der Waals surface area contributed by atoms with Gasteiger partial charge in [-0.25, -0.2) is 4.39 Å². The lowest BCUT2D eigenvalue weighted by atomic mass is 9.71. The second kappa shape index (κ2) is 10.1. The fourth-order valence-corrected chi connectivity index (χ4v) is 5.85. The molecule has 0 aromatic heterocycles. The Balaban J connectivity index is 1.59. The topological polar surface area (TPSA) is 55.8 Å². The van der Waals surface area contributed by atoms with Crippen molar-refractivity contribution < 1.29 is 23.5 Å². The normalized spacial score (nSPS) is 18.4. The van der Waals surface area contributed by atoms with Gasteiger partial charge < -0.3 is 14.4 Å². The number of Topliss-reactive ketones (excluding diaryl/α,β-unsaturated/α-hetero) is 2. The van der Waals surface area contributed by atoms with Crippen LogP contribution < -0.4 is 9.47 Å². The number of carbonyl (C=O) groups excluding carboxylic acids is 2. The van der Waals surface area contributed by atoms with Crippen LogP contribution in [-0.4, -0.2) is 30.1 Å². The van der Waals surface area contributed by atoms with Crippen LogP contribution in [0.5, 0.6) is 11.5 Å². The predicted octanol–water partition coefficient (Wildman–Crippen LogP) is 6.50. The summed E-state index contributed by atoms with van der Waals surface area (Å²) in [6.45, 7) is 2.45. The molecule has 0 N–H and O–H groups in total. The van der Waals surface area contributed by atoms with Crippen LogP contribution in [0.15, 0.2) is 58.9 Å². The van der Waals surface area contributed by atoms with Crippen LogP contribution in [0.3, 0.4) is 0 Å². The Morgan fingerprint density at radius 3 is 2.14 bits per heavy atom. The third kappa shape index (κ3) is 4.43. The molecule has 7 heteroatoms. The molecule has 2 aromatic rings. The zero-order valence-corrected chi connectivity index (χ0v) is 21.3. The molecule has 5 rings (SSSR count). The van der Waals surface area contributed by atoms with E-state index in [9.17, 15) is 14.0 Å². The van der Waals surface area contributed by atoms with Gasteiger partial charge in [0.15, 0.2) is 23.1 Å². The molecule has 0 amide bonds. The maximum Gasteiger partial charge on any atom is 0.180 e. The Morgan fingerprint density at radius 2 is 1.56 bits per heavy atom. The first-order valence-corrected chi connectivity index (χ1v) is 12.9. The number of ether oxygens (including phenoxy) is 2. The summed E-state index contributed by atoms with van der Waals surface area (Å²) < 4.78 is 25.2. The Hall–Kier alpha value is -3.12. The second-order valence-corrected chi connectivity index (χ2v) is 9.85. The van der Waals surface area contributed by atoms with E-state index in [0.717, 1.165) is 48.2 Å². The zero-order chi connectivity index (χ0) is 25.4. The van der Waals surface area contributed by atoms with E-state index in [-0.39, 0.29) is 24.0 Å². The van der Waals surface area contributed by atoms with Gasteiger partial charge in [-0.2, -0.15) is 0 Å². The third-order valence-corrected chi connectivity index (χ3v) is 7.49. The summed E-state index contributed by atoms with van der Waals surface area (Å²) in [7, 11) is 1.98. The molecule has 0 saturated carbocycles. The molecule has 5 nitrogen and oxygen atoms in total. The van der Waals surface area contributed by atoms with Gasteiger partial charge in [0.1, 0.15) is 12.4 Å². The average molecular weight is 510 g/mol. The Labute approximate surface area is 215 Å². The Kier molecular flexibility index (Phi) is 6.89. The Morgan fingerprint density at radius 1 is 0.944 bits per heavy atom. The number of allylic oxidation sites excluding steroid dienone is 4. The minimum Gasteiger partial charge on any atom is -0.490 e. The fourth-order valence-electron chi connectivity index (χ4n) is 5.58. The summed E-state index contributed by atoms with van der Waals surface area (Å²) >= 11 is 6.76. The van der Waals surface area contributed by atoms with Crippen LogP contribution in [0.4, 0.5) is 4.39 Å². The molecule has 0 fully saturated rings. The van der Waals surface area contributed by atoms with E-state index in [1.54, 1.807) is 18.2 Å². The standard InChI is InChI=1S/C29H29ClFNO4/c1-3-35-25-15-18(14-20(30)29(25)36-16-17-10-12-19(31)13-11-17)26-27-21(6-4-8-23(27)33)32(2)22-7-5-9-24(34)28(22)26/h10-15,26H,3-9,16H2,1-2H3. The molecule has 2 aromatic carbocycles. The van der Waals surface area contributed by atoms with E-state index in [2.05, 4.69) is 4.90 Å². The molecule has 1 aliphatic heterocycles. The number of halogens is 2. The summed E-state index contributed by atoms with van der Waals surface area (Å²) in [6.07, 6.45) is 4.20. The summed E-state index contributed by atoms with van der Waals surface area (Å²) in [5.74, 6) is 0.234. The van der Waals surface area contributed by atoms with Crippen molar-refractivity contribution in [2.75, 3.05) is 13.7 Å². The fraction of sp³-hybridized carbons (Fsp3) is 0.379. The highest BCUT2D eigenvalue weighted by Crippen LogP contribution is 2.50. The molecular weight excluding hydrogens is 481 g/mol. The van der Waals surface area contributed by atoms with Crippen LogP contribution >= 0.6 is 11.6 Å². The van der Waals surface area contributed by atoms with Crippen LogP contribution in [0.25, 0.3) is 0 Å². The lowest BCUT2D eigenvalue weighted by molar-refractivity contribution is -0.117. The molecule has 36 heavy (non-hydrogen) atoms. The highest BCUT2D eigenvalue weighted by atomic mass is 35.5. The van der Waals surface area contributed by atoms with E-state index in [4.69, 9.17) is 21.1 Å². The second-order valence-electron chi connectivity index (χ2n) is 9.44. The molecule has 0 radical (unpaired) electrons. The summed E-state index contributed by atoms with van der Waals surface area (Å²) in [5.41, 5.74) is 4.98. The van der Waals surface area contributed by atoms with Crippen LogP contribution in [-0.2, 0) is 16.2 Å². The van der Waals surface area contributed by atoms with Crippen molar-refractivity contribution >= 4 is 23.2 Å². The average Bonchev–Trinajstić information content (AvgIpc) is 2.86. The summed E-state index contributed by atoms with van der Waals surface area (Å²) in [6, 6.07) is 9.71. The van der Waals surface area contributed by atoms with E-state index in [0.29, 0.717) is 47.1 Å². The maximum absolute atomic E-state index is 13.3. The quantitative estimate of drug-likeness (QED) is 0.445. The van der Waals surface area contributed by atoms with Crippen LogP contribution in [0, 0.1) is 5.82 Å². The van der Waals surface area contributed by atoms with Crippen LogP contribution in [0.1, 0.15) is 62.5 Å². The van der Waals surface area contributed by atoms with Gasteiger partial charge in [0, 0.05) is 48.3 Å². The molecule has 1 heterocycles. The maximum atomic E-state index is 13.3. The van der Waals surface area contributed by atoms with Crippen molar-refractivity contribution in [2.45, 2.75) is 58.0 Å². The van der Waals surface area contributed by atoms with E-state index in [1.165, 1.54) is 12.1 Å². The lowest BCUT2D eigenvalue weighted by Crippen LogP contribution is -2.37. The summed E-state index contributed by atoms with van der Waals surface area (Å²) in [5, 5.41) is 0.341. The smallest absolute Gasteiger partial charge is 0.180 e. The van der Waals surface area contributed by atoms with E-state index in [1.807, 2.05) is 20.0 Å². The number of rotatable bonds is 6. The zero-order valence-electron chi connectivity index (χ0n) is 20.5. The van der Waals surface area contributed by atoms with Crippen LogP contribution in [0.2, 0.25) is 5.02 Å². The SMILES string of the molecule is CCOc1cc(C2C3=C(CCCC3=O)N(C)C3=C2C(=O)CCC3)cc(Cl)c1OCc1ccc(F)cc1. The third-order valence-electron chi connectivity index (χ3n) is 7.21. The first-order chi connectivity index (χ1) is 17.4. The van der Waals surface area contributed by atoms with Crippen molar-refractivity contribution in [1.29, 1.82) is 0 Å². The van der Waals surface area contributed by atoms with Gasteiger partial charge in [0.2, 0.25) is 0 Å². The first kappa shape index (κ1) is 24.6. The monoisotopic (exact) mass is 509 g/mol. The van der Waals surface area contributed by atoms with Gasteiger partial charge in [-0.15, -0.1) is 0 Å². The molecule has 188 valence electrons. The number of hydrogen-bond donors (Lipinski definition) is 0. The Bertz CT molecular complexity index is 1240.